The third-order valence-corrected chi connectivity index (χ3v) is 2.69. The summed E-state index contributed by atoms with van der Waals surface area (Å²) in [5, 5.41) is 19.1. The van der Waals surface area contributed by atoms with Crippen molar-refractivity contribution >= 4 is 12.4 Å². The van der Waals surface area contributed by atoms with Crippen LogP contribution in [-0.4, -0.2) is 35.7 Å². The van der Waals surface area contributed by atoms with E-state index in [1.165, 1.54) is 0 Å². The largest absolute Gasteiger partial charge is 1.00 e. The molecule has 0 saturated carbocycles. The topological polar surface area (TPSA) is 65.2 Å². The molecule has 0 heterocycles. The maximum atomic E-state index is 9.54. The van der Waals surface area contributed by atoms with E-state index in [2.05, 4.69) is 9.98 Å². The second-order valence-corrected chi connectivity index (χ2v) is 4.19. The molecular formula is C16H16CoN2NaO2+. The van der Waals surface area contributed by atoms with E-state index >= 15 is 0 Å². The van der Waals surface area contributed by atoms with Gasteiger partial charge in [-0.05, 0) is 24.3 Å². The van der Waals surface area contributed by atoms with Crippen molar-refractivity contribution in [2.24, 2.45) is 9.98 Å². The summed E-state index contributed by atoms with van der Waals surface area (Å²) in [4.78, 5) is 8.39. The zero-order valence-electron chi connectivity index (χ0n) is 12.3. The molecule has 0 aliphatic rings. The number of nitrogens with zero attached hydrogens (tertiary/aromatic N) is 2. The molecule has 0 fully saturated rings. The Bertz CT molecular complexity index is 578. The molecule has 0 atom stereocenters. The van der Waals surface area contributed by atoms with Crippen LogP contribution in [0.5, 0.6) is 11.5 Å². The van der Waals surface area contributed by atoms with Gasteiger partial charge in [-0.15, -0.1) is 0 Å². The summed E-state index contributed by atoms with van der Waals surface area (Å²) in [6.07, 6.45) is 3.26. The van der Waals surface area contributed by atoms with Crippen LogP contribution in [0.2, 0.25) is 0 Å². The van der Waals surface area contributed by atoms with Gasteiger partial charge in [-0.2, -0.15) is 0 Å². The molecule has 2 aromatic carbocycles. The van der Waals surface area contributed by atoms with Gasteiger partial charge in [0, 0.05) is 40.3 Å². The number of aliphatic imine (C=N–C) groups is 2. The first-order chi connectivity index (χ1) is 9.77. The summed E-state index contributed by atoms with van der Waals surface area (Å²) in [6, 6.07) is 14.1. The molecule has 2 rings (SSSR count). The Labute approximate surface area is 162 Å². The van der Waals surface area contributed by atoms with Crippen LogP contribution >= 0.6 is 0 Å². The first-order valence-corrected chi connectivity index (χ1v) is 6.33. The first-order valence-electron chi connectivity index (χ1n) is 6.33. The maximum absolute atomic E-state index is 9.54. The van der Waals surface area contributed by atoms with Crippen molar-refractivity contribution in [3.63, 3.8) is 0 Å². The third-order valence-electron chi connectivity index (χ3n) is 2.69. The Balaban J connectivity index is 0.00000220. The minimum atomic E-state index is 0. The van der Waals surface area contributed by atoms with E-state index < -0.39 is 0 Å². The second kappa shape index (κ2) is 11.5. The smallest absolute Gasteiger partial charge is 0.507 e. The average molecular weight is 350 g/mol. The number of benzene rings is 2. The molecule has 0 spiro atoms. The predicted octanol–water partition coefficient (Wildman–Crippen LogP) is -0.363. The minimum Gasteiger partial charge on any atom is -0.507 e. The maximum Gasteiger partial charge on any atom is 1.00 e. The first kappa shape index (κ1) is 20.9. The molecule has 6 heteroatoms. The number of para-hydroxylation sites is 2. The summed E-state index contributed by atoms with van der Waals surface area (Å²) in [5.41, 5.74) is 1.38. The van der Waals surface area contributed by atoms with Gasteiger partial charge in [-0.3, -0.25) is 9.98 Å². The van der Waals surface area contributed by atoms with Gasteiger partial charge in [-0.25, -0.2) is 0 Å². The molecule has 111 valence electrons. The van der Waals surface area contributed by atoms with Crippen molar-refractivity contribution in [3.8, 4) is 11.5 Å². The van der Waals surface area contributed by atoms with Crippen molar-refractivity contribution < 1.29 is 56.5 Å². The SMILES string of the molecule is Oc1ccccc1C=NCCN=Cc1ccccc1O.[Co].[Na+]. The summed E-state index contributed by atoms with van der Waals surface area (Å²) < 4.78 is 0. The molecule has 0 amide bonds. The molecule has 2 aromatic rings. The van der Waals surface area contributed by atoms with Crippen LogP contribution in [-0.2, 0) is 16.8 Å². The van der Waals surface area contributed by atoms with E-state index in [4.69, 9.17) is 0 Å². The molecule has 0 aliphatic heterocycles. The van der Waals surface area contributed by atoms with E-state index in [-0.39, 0.29) is 57.8 Å². The van der Waals surface area contributed by atoms with Gasteiger partial charge in [-0.1, -0.05) is 24.3 Å². The summed E-state index contributed by atoms with van der Waals surface area (Å²) in [5.74, 6) is 0.433. The van der Waals surface area contributed by atoms with Crippen molar-refractivity contribution in [1.82, 2.24) is 0 Å². The van der Waals surface area contributed by atoms with Crippen LogP contribution in [0.3, 0.4) is 0 Å². The van der Waals surface area contributed by atoms with Crippen LogP contribution in [0.15, 0.2) is 58.5 Å². The normalized spacial score (nSPS) is 10.4. The van der Waals surface area contributed by atoms with Gasteiger partial charge in [0.25, 0.3) is 0 Å². The Morgan fingerprint density at radius 3 is 1.45 bits per heavy atom. The van der Waals surface area contributed by atoms with Gasteiger partial charge in [0.15, 0.2) is 0 Å². The molecule has 1 radical (unpaired) electrons. The van der Waals surface area contributed by atoms with Gasteiger partial charge in [0.2, 0.25) is 0 Å². The standard InChI is InChI=1S/C16H16N2O2.Co.Na/c19-15-7-3-1-5-13(15)11-17-9-10-18-12-14-6-2-4-8-16(14)20;;/h1-8,11-12,19-20H,9-10H2;;/q;;+1. The fourth-order valence-corrected chi connectivity index (χ4v) is 1.63. The van der Waals surface area contributed by atoms with Crippen LogP contribution in [0, 0.1) is 0 Å². The number of hydrogen-bond acceptors (Lipinski definition) is 4. The van der Waals surface area contributed by atoms with E-state index in [9.17, 15) is 10.2 Å². The van der Waals surface area contributed by atoms with Crippen LogP contribution in [0.4, 0.5) is 0 Å². The van der Waals surface area contributed by atoms with Crippen LogP contribution < -0.4 is 29.6 Å². The monoisotopic (exact) mass is 350 g/mol. The predicted molar refractivity (Wildman–Crippen MR) is 81.1 cm³/mol. The van der Waals surface area contributed by atoms with E-state index in [1.54, 1.807) is 48.8 Å². The van der Waals surface area contributed by atoms with Gasteiger partial charge < -0.3 is 10.2 Å². The Hall–Kier alpha value is -1.11. The van der Waals surface area contributed by atoms with Crippen molar-refractivity contribution in [3.05, 3.63) is 59.7 Å². The average Bonchev–Trinajstić information content (AvgIpc) is 2.46. The number of hydrogen-bond donors (Lipinski definition) is 2. The molecule has 4 nitrogen and oxygen atoms in total. The Morgan fingerprint density at radius 1 is 0.727 bits per heavy atom. The number of aromatic hydroxyl groups is 2. The molecule has 0 unspecified atom stereocenters. The fraction of sp³-hybridized carbons (Fsp3) is 0.125. The molecule has 0 saturated heterocycles. The van der Waals surface area contributed by atoms with Crippen LogP contribution in [0.25, 0.3) is 0 Å². The van der Waals surface area contributed by atoms with E-state index in [0.29, 0.717) is 24.2 Å². The minimum absolute atomic E-state index is 0. The molecule has 0 aromatic heterocycles. The zero-order valence-corrected chi connectivity index (χ0v) is 15.4. The molecule has 0 bridgehead atoms. The molecular weight excluding hydrogens is 334 g/mol. The number of phenolic OH excluding ortho intramolecular Hbond substituents is 2. The van der Waals surface area contributed by atoms with Gasteiger partial charge in [0.1, 0.15) is 11.5 Å². The van der Waals surface area contributed by atoms with Crippen LogP contribution in [0.1, 0.15) is 11.1 Å². The van der Waals surface area contributed by atoms with Crippen molar-refractivity contribution in [2.75, 3.05) is 13.1 Å². The van der Waals surface area contributed by atoms with E-state index in [1.807, 2.05) is 12.1 Å². The fourth-order valence-electron chi connectivity index (χ4n) is 1.63. The summed E-state index contributed by atoms with van der Waals surface area (Å²) >= 11 is 0. The molecule has 22 heavy (non-hydrogen) atoms. The summed E-state index contributed by atoms with van der Waals surface area (Å²) in [7, 11) is 0. The van der Waals surface area contributed by atoms with Gasteiger partial charge in [0.05, 0.1) is 13.1 Å². The van der Waals surface area contributed by atoms with Crippen molar-refractivity contribution in [1.29, 1.82) is 0 Å². The number of phenols is 2. The van der Waals surface area contributed by atoms with Gasteiger partial charge >= 0.3 is 29.6 Å². The Kier molecular flexibility index (Phi) is 10.9. The molecule has 2 N–H and O–H groups in total. The Morgan fingerprint density at radius 2 is 1.09 bits per heavy atom. The zero-order chi connectivity index (χ0) is 14.2. The quantitative estimate of drug-likeness (QED) is 0.439. The van der Waals surface area contributed by atoms with E-state index in [0.717, 1.165) is 0 Å². The van der Waals surface area contributed by atoms with Crippen molar-refractivity contribution in [2.45, 2.75) is 0 Å². The molecule has 0 aliphatic carbocycles. The third kappa shape index (κ3) is 6.76. The second-order valence-electron chi connectivity index (χ2n) is 4.19. The summed E-state index contributed by atoms with van der Waals surface area (Å²) in [6.45, 7) is 1.05. The number of rotatable bonds is 5.